The van der Waals surface area contributed by atoms with Crippen molar-refractivity contribution >= 4 is 11.8 Å². The molecule has 2 heterocycles. The highest BCUT2D eigenvalue weighted by molar-refractivity contribution is 5.91. The fourth-order valence-corrected chi connectivity index (χ4v) is 1.89. The molecule has 0 unspecified atom stereocenters. The summed E-state index contributed by atoms with van der Waals surface area (Å²) in [5.41, 5.74) is -0.688. The number of hydrogen-bond acceptors (Lipinski definition) is 2. The second kappa shape index (κ2) is 4.24. The molecule has 0 radical (unpaired) electrons. The van der Waals surface area contributed by atoms with Gasteiger partial charge in [-0.25, -0.2) is 0 Å². The van der Waals surface area contributed by atoms with Crippen LogP contribution >= 0.6 is 0 Å². The van der Waals surface area contributed by atoms with E-state index < -0.39 is 11.6 Å². The first kappa shape index (κ1) is 11.7. The molecule has 1 aliphatic heterocycles. The highest BCUT2D eigenvalue weighted by Crippen LogP contribution is 2.16. The van der Waals surface area contributed by atoms with E-state index in [-0.39, 0.29) is 11.8 Å². The van der Waals surface area contributed by atoms with Crippen LogP contribution in [-0.4, -0.2) is 29.0 Å². The Kier molecular flexibility index (Phi) is 2.92. The Morgan fingerprint density at radius 3 is 2.65 bits per heavy atom. The third-order valence-corrected chi connectivity index (χ3v) is 3.16. The molecule has 0 spiro atoms. The summed E-state index contributed by atoms with van der Waals surface area (Å²) in [4.78, 5) is 23.5. The molecule has 2 N–H and O–H groups in total. The molecule has 17 heavy (non-hydrogen) atoms. The highest BCUT2D eigenvalue weighted by atomic mass is 16.2. The summed E-state index contributed by atoms with van der Waals surface area (Å²) >= 11 is 0. The lowest BCUT2D eigenvalue weighted by Gasteiger charge is -2.27. The van der Waals surface area contributed by atoms with Crippen LogP contribution in [0.2, 0.25) is 0 Å². The van der Waals surface area contributed by atoms with Crippen molar-refractivity contribution < 1.29 is 9.59 Å². The van der Waals surface area contributed by atoms with Crippen molar-refractivity contribution in [3.8, 4) is 0 Å². The van der Waals surface area contributed by atoms with Crippen molar-refractivity contribution in [2.24, 2.45) is 0 Å². The summed E-state index contributed by atoms with van der Waals surface area (Å²) in [6.07, 6.45) is 4.34. The molecule has 1 fully saturated rings. The van der Waals surface area contributed by atoms with Gasteiger partial charge in [-0.1, -0.05) is 0 Å². The van der Waals surface area contributed by atoms with Gasteiger partial charge in [0, 0.05) is 18.9 Å². The van der Waals surface area contributed by atoms with Crippen LogP contribution in [0.15, 0.2) is 24.5 Å². The van der Waals surface area contributed by atoms with E-state index in [9.17, 15) is 9.59 Å². The van der Waals surface area contributed by atoms with Gasteiger partial charge < -0.3 is 15.2 Å². The summed E-state index contributed by atoms with van der Waals surface area (Å²) < 4.78 is 1.83. The number of aromatic nitrogens is 1. The molecular formula is C12H17N3O2. The zero-order valence-electron chi connectivity index (χ0n) is 10.1. The predicted molar refractivity (Wildman–Crippen MR) is 63.3 cm³/mol. The Labute approximate surface area is 100 Å². The second-order valence-electron chi connectivity index (χ2n) is 4.76. The molecule has 0 aliphatic carbocycles. The van der Waals surface area contributed by atoms with Gasteiger partial charge in [0.1, 0.15) is 11.6 Å². The third kappa shape index (κ3) is 2.18. The SMILES string of the molecule is CC(C)(C(=O)N[C@H]1CCNC1=O)n1cccc1. The number of nitrogens with zero attached hydrogens (tertiary/aromatic N) is 1. The van der Waals surface area contributed by atoms with Crippen molar-refractivity contribution in [3.05, 3.63) is 24.5 Å². The van der Waals surface area contributed by atoms with E-state index >= 15 is 0 Å². The molecule has 1 atom stereocenters. The van der Waals surface area contributed by atoms with Crippen LogP contribution in [0.5, 0.6) is 0 Å². The van der Waals surface area contributed by atoms with Crippen molar-refractivity contribution in [1.29, 1.82) is 0 Å². The van der Waals surface area contributed by atoms with E-state index in [1.165, 1.54) is 0 Å². The van der Waals surface area contributed by atoms with Crippen molar-refractivity contribution in [3.63, 3.8) is 0 Å². The van der Waals surface area contributed by atoms with Gasteiger partial charge in [-0.05, 0) is 32.4 Å². The third-order valence-electron chi connectivity index (χ3n) is 3.16. The van der Waals surface area contributed by atoms with Gasteiger partial charge in [0.2, 0.25) is 11.8 Å². The fraction of sp³-hybridized carbons (Fsp3) is 0.500. The van der Waals surface area contributed by atoms with E-state index in [0.29, 0.717) is 13.0 Å². The molecule has 0 aromatic carbocycles. The van der Waals surface area contributed by atoms with Crippen LogP contribution < -0.4 is 10.6 Å². The molecule has 2 rings (SSSR count). The molecule has 1 saturated heterocycles. The van der Waals surface area contributed by atoms with E-state index in [4.69, 9.17) is 0 Å². The van der Waals surface area contributed by atoms with Crippen LogP contribution in [0.4, 0.5) is 0 Å². The predicted octanol–water partition coefficient (Wildman–Crippen LogP) is 0.228. The minimum atomic E-state index is -0.688. The molecule has 5 heteroatoms. The minimum Gasteiger partial charge on any atom is -0.354 e. The number of amides is 2. The molecule has 2 amide bonds. The lowest BCUT2D eigenvalue weighted by Crippen LogP contribution is -2.50. The monoisotopic (exact) mass is 235 g/mol. The molecular weight excluding hydrogens is 218 g/mol. The van der Waals surface area contributed by atoms with Crippen LogP contribution in [0.1, 0.15) is 20.3 Å². The lowest BCUT2D eigenvalue weighted by molar-refractivity contribution is -0.132. The van der Waals surface area contributed by atoms with Crippen molar-refractivity contribution in [1.82, 2.24) is 15.2 Å². The minimum absolute atomic E-state index is 0.0957. The molecule has 1 aromatic rings. The number of nitrogens with one attached hydrogen (secondary N) is 2. The van der Waals surface area contributed by atoms with Gasteiger partial charge in [0.25, 0.3) is 0 Å². The summed E-state index contributed by atoms with van der Waals surface area (Å²) in [5, 5.41) is 5.49. The van der Waals surface area contributed by atoms with Gasteiger partial charge in [0.05, 0.1) is 0 Å². The Balaban J connectivity index is 2.07. The summed E-state index contributed by atoms with van der Waals surface area (Å²) in [5.74, 6) is -0.239. The average Bonchev–Trinajstić information content (AvgIpc) is 2.90. The summed E-state index contributed by atoms with van der Waals surface area (Å²) in [6, 6.07) is 3.35. The zero-order valence-corrected chi connectivity index (χ0v) is 10.1. The lowest BCUT2D eigenvalue weighted by atomic mass is 10.0. The quantitative estimate of drug-likeness (QED) is 0.787. The van der Waals surface area contributed by atoms with Crippen LogP contribution in [0.25, 0.3) is 0 Å². The zero-order chi connectivity index (χ0) is 12.5. The first-order chi connectivity index (χ1) is 8.01. The average molecular weight is 235 g/mol. The van der Waals surface area contributed by atoms with Gasteiger partial charge >= 0.3 is 0 Å². The molecule has 1 aliphatic rings. The molecule has 0 bridgehead atoms. The Morgan fingerprint density at radius 2 is 2.12 bits per heavy atom. The van der Waals surface area contributed by atoms with Gasteiger partial charge in [-0.2, -0.15) is 0 Å². The van der Waals surface area contributed by atoms with Crippen molar-refractivity contribution in [2.45, 2.75) is 31.8 Å². The van der Waals surface area contributed by atoms with Crippen LogP contribution in [0.3, 0.4) is 0 Å². The number of carbonyl (C=O) groups is 2. The molecule has 5 nitrogen and oxygen atoms in total. The number of carbonyl (C=O) groups excluding carboxylic acids is 2. The smallest absolute Gasteiger partial charge is 0.246 e. The highest BCUT2D eigenvalue weighted by Gasteiger charge is 2.33. The molecule has 92 valence electrons. The first-order valence-electron chi connectivity index (χ1n) is 5.74. The fourth-order valence-electron chi connectivity index (χ4n) is 1.89. The van der Waals surface area contributed by atoms with Gasteiger partial charge in [-0.15, -0.1) is 0 Å². The van der Waals surface area contributed by atoms with E-state index in [1.807, 2.05) is 42.9 Å². The number of hydrogen-bond donors (Lipinski definition) is 2. The first-order valence-corrected chi connectivity index (χ1v) is 5.74. The maximum absolute atomic E-state index is 12.2. The normalized spacial score (nSPS) is 20.1. The van der Waals surface area contributed by atoms with Crippen molar-refractivity contribution in [2.75, 3.05) is 6.54 Å². The maximum atomic E-state index is 12.2. The van der Waals surface area contributed by atoms with E-state index in [0.717, 1.165) is 0 Å². The standard InChI is InChI=1S/C12H17N3O2/c1-12(2,15-7-3-4-8-15)11(17)14-9-5-6-13-10(9)16/h3-4,7-9H,5-6H2,1-2H3,(H,13,16)(H,14,17)/t9-/m0/s1. The molecule has 1 aromatic heterocycles. The second-order valence-corrected chi connectivity index (χ2v) is 4.76. The van der Waals surface area contributed by atoms with Gasteiger partial charge in [-0.3, -0.25) is 9.59 Å². The number of rotatable bonds is 3. The van der Waals surface area contributed by atoms with Gasteiger partial charge in [0.15, 0.2) is 0 Å². The summed E-state index contributed by atoms with van der Waals surface area (Å²) in [7, 11) is 0. The Hall–Kier alpha value is -1.78. The van der Waals surface area contributed by atoms with E-state index in [1.54, 1.807) is 0 Å². The van der Waals surface area contributed by atoms with Crippen LogP contribution in [0, 0.1) is 0 Å². The Bertz CT molecular complexity index is 423. The molecule has 0 saturated carbocycles. The Morgan fingerprint density at radius 1 is 1.47 bits per heavy atom. The largest absolute Gasteiger partial charge is 0.354 e. The van der Waals surface area contributed by atoms with Crippen LogP contribution in [-0.2, 0) is 15.1 Å². The topological polar surface area (TPSA) is 63.1 Å². The van der Waals surface area contributed by atoms with E-state index in [2.05, 4.69) is 10.6 Å². The summed E-state index contributed by atoms with van der Waals surface area (Å²) in [6.45, 7) is 4.29. The maximum Gasteiger partial charge on any atom is 0.246 e.